The molecule has 2 heterocycles. The molecule has 1 fully saturated rings. The van der Waals surface area contributed by atoms with Gasteiger partial charge in [-0.2, -0.15) is 4.98 Å². The summed E-state index contributed by atoms with van der Waals surface area (Å²) in [7, 11) is 1.96. The van der Waals surface area contributed by atoms with Gasteiger partial charge in [0.15, 0.2) is 0 Å². The lowest BCUT2D eigenvalue weighted by atomic mass is 10.0. The second-order valence-electron chi connectivity index (χ2n) is 4.92. The fourth-order valence-corrected chi connectivity index (χ4v) is 2.01. The van der Waals surface area contributed by atoms with Gasteiger partial charge in [-0.1, -0.05) is 5.16 Å². The first-order valence-corrected chi connectivity index (χ1v) is 6.28. The Morgan fingerprint density at radius 2 is 2.35 bits per heavy atom. The van der Waals surface area contributed by atoms with E-state index in [1.165, 1.54) is 0 Å². The summed E-state index contributed by atoms with van der Waals surface area (Å²) in [6.45, 7) is 4.96. The molecule has 5 nitrogen and oxygen atoms in total. The molecule has 1 aliphatic rings. The highest BCUT2D eigenvalue weighted by molar-refractivity contribution is 5.01. The Morgan fingerprint density at radius 1 is 1.53 bits per heavy atom. The minimum Gasteiger partial charge on any atom is -0.367 e. The molecule has 17 heavy (non-hydrogen) atoms. The molecular weight excluding hydrogens is 218 g/mol. The van der Waals surface area contributed by atoms with Gasteiger partial charge in [0.2, 0.25) is 11.7 Å². The quantitative estimate of drug-likeness (QED) is 0.846. The zero-order valence-corrected chi connectivity index (χ0v) is 10.8. The Hall–Kier alpha value is -0.940. The number of hydrogen-bond acceptors (Lipinski definition) is 5. The topological polar surface area (TPSA) is 60.2 Å². The van der Waals surface area contributed by atoms with Gasteiger partial charge in [-0.15, -0.1) is 0 Å². The number of nitrogens with one attached hydrogen (secondary N) is 1. The van der Waals surface area contributed by atoms with E-state index in [-0.39, 0.29) is 5.60 Å². The predicted octanol–water partition coefficient (Wildman–Crippen LogP) is 1.64. The first-order chi connectivity index (χ1) is 8.14. The zero-order valence-electron chi connectivity index (χ0n) is 10.8. The Bertz CT molecular complexity index is 358. The van der Waals surface area contributed by atoms with E-state index < -0.39 is 0 Å². The number of hydrogen-bond donors (Lipinski definition) is 1. The van der Waals surface area contributed by atoms with Crippen LogP contribution >= 0.6 is 0 Å². The molecule has 1 aliphatic heterocycles. The second kappa shape index (κ2) is 5.14. The molecular formula is C12H21N3O2. The molecule has 0 amide bonds. The lowest BCUT2D eigenvalue weighted by Gasteiger charge is -2.17. The minimum absolute atomic E-state index is 0.337. The van der Waals surface area contributed by atoms with Crippen LogP contribution in [0.5, 0.6) is 0 Å². The number of nitrogens with zero attached hydrogens (tertiary/aromatic N) is 2. The highest BCUT2D eigenvalue weighted by Crippen LogP contribution is 2.33. The van der Waals surface area contributed by atoms with Crippen molar-refractivity contribution in [3.8, 4) is 0 Å². The van der Waals surface area contributed by atoms with E-state index in [0.29, 0.717) is 17.8 Å². The second-order valence-corrected chi connectivity index (χ2v) is 4.92. The van der Waals surface area contributed by atoms with Crippen molar-refractivity contribution < 1.29 is 9.26 Å². The van der Waals surface area contributed by atoms with E-state index in [4.69, 9.17) is 9.26 Å². The maximum atomic E-state index is 5.69. The fourth-order valence-electron chi connectivity index (χ4n) is 2.01. The van der Waals surface area contributed by atoms with Gasteiger partial charge in [0.05, 0.1) is 0 Å². The Kier molecular flexibility index (Phi) is 3.79. The molecule has 1 saturated heterocycles. The highest BCUT2D eigenvalue weighted by Gasteiger charge is 2.36. The van der Waals surface area contributed by atoms with Crippen LogP contribution in [0.3, 0.4) is 0 Å². The van der Waals surface area contributed by atoms with Gasteiger partial charge in [0.1, 0.15) is 5.60 Å². The van der Waals surface area contributed by atoms with Crippen LogP contribution in [0.4, 0.5) is 0 Å². The lowest BCUT2D eigenvalue weighted by molar-refractivity contribution is 0.00768. The summed E-state index contributed by atoms with van der Waals surface area (Å²) in [4.78, 5) is 4.44. The maximum Gasteiger partial charge on any atom is 0.226 e. The van der Waals surface area contributed by atoms with Crippen LogP contribution in [0.2, 0.25) is 0 Å². The molecule has 0 saturated carbocycles. The molecule has 1 aromatic rings. The van der Waals surface area contributed by atoms with Crippen LogP contribution < -0.4 is 5.32 Å². The summed E-state index contributed by atoms with van der Waals surface area (Å²) in [5.74, 6) is 1.40. The van der Waals surface area contributed by atoms with Crippen LogP contribution in [0.15, 0.2) is 4.52 Å². The number of rotatable bonds is 5. The van der Waals surface area contributed by atoms with E-state index in [2.05, 4.69) is 22.4 Å². The summed E-state index contributed by atoms with van der Waals surface area (Å²) in [6.07, 6.45) is 3.84. The first-order valence-electron chi connectivity index (χ1n) is 6.28. The lowest BCUT2D eigenvalue weighted by Crippen LogP contribution is -2.22. The molecule has 1 N–H and O–H groups in total. The Morgan fingerprint density at radius 3 is 3.00 bits per heavy atom. The van der Waals surface area contributed by atoms with Gasteiger partial charge in [0, 0.05) is 19.1 Å². The predicted molar refractivity (Wildman–Crippen MR) is 63.7 cm³/mol. The number of aromatic nitrogens is 2. The molecule has 1 aromatic heterocycles. The van der Waals surface area contributed by atoms with Crippen LogP contribution in [0.25, 0.3) is 0 Å². The smallest absolute Gasteiger partial charge is 0.226 e. The van der Waals surface area contributed by atoms with Gasteiger partial charge < -0.3 is 14.6 Å². The van der Waals surface area contributed by atoms with E-state index in [1.807, 2.05) is 14.0 Å². The molecule has 0 bridgehead atoms. The van der Waals surface area contributed by atoms with Crippen LogP contribution in [0.1, 0.15) is 44.8 Å². The fraction of sp³-hybridized carbons (Fsp3) is 0.833. The molecule has 0 aromatic carbocycles. The van der Waals surface area contributed by atoms with Crippen molar-refractivity contribution in [1.29, 1.82) is 0 Å². The summed E-state index contributed by atoms with van der Waals surface area (Å²) < 4.78 is 11.0. The van der Waals surface area contributed by atoms with Crippen LogP contribution in [-0.4, -0.2) is 29.8 Å². The summed E-state index contributed by atoms with van der Waals surface area (Å²) in [5, 5.41) is 7.23. The standard InChI is InChI=1S/C12H21N3O2/c1-9(13-3)5-6-10-14-11(15-17-10)12(2)7-4-8-16-12/h9,13H,4-8H2,1-3H3. The third-order valence-electron chi connectivity index (χ3n) is 3.44. The van der Waals surface area contributed by atoms with Gasteiger partial charge in [-0.25, -0.2) is 0 Å². The molecule has 2 atom stereocenters. The van der Waals surface area contributed by atoms with Crippen molar-refractivity contribution in [2.75, 3.05) is 13.7 Å². The molecule has 96 valence electrons. The van der Waals surface area contributed by atoms with Gasteiger partial charge in [0.25, 0.3) is 0 Å². The minimum atomic E-state index is -0.337. The van der Waals surface area contributed by atoms with E-state index in [0.717, 1.165) is 32.3 Å². The van der Waals surface area contributed by atoms with E-state index >= 15 is 0 Å². The average Bonchev–Trinajstić information content (AvgIpc) is 2.95. The Balaban J connectivity index is 1.96. The summed E-state index contributed by atoms with van der Waals surface area (Å²) in [5.41, 5.74) is -0.337. The molecule has 5 heteroatoms. The first kappa shape index (κ1) is 12.5. The Labute approximate surface area is 102 Å². The van der Waals surface area contributed by atoms with E-state index in [1.54, 1.807) is 0 Å². The van der Waals surface area contributed by atoms with Gasteiger partial charge in [-0.05, 0) is 40.2 Å². The summed E-state index contributed by atoms with van der Waals surface area (Å²) in [6, 6.07) is 0.462. The number of aryl methyl sites for hydroxylation is 1. The monoisotopic (exact) mass is 239 g/mol. The normalized spacial score (nSPS) is 26.3. The van der Waals surface area contributed by atoms with Crippen LogP contribution in [-0.2, 0) is 16.8 Å². The SMILES string of the molecule is CNC(C)CCc1nc(C2(C)CCCO2)no1. The van der Waals surface area contributed by atoms with Crippen molar-refractivity contribution >= 4 is 0 Å². The van der Waals surface area contributed by atoms with Crippen molar-refractivity contribution in [1.82, 2.24) is 15.5 Å². The molecule has 0 aliphatic carbocycles. The van der Waals surface area contributed by atoms with Gasteiger partial charge >= 0.3 is 0 Å². The molecule has 0 radical (unpaired) electrons. The largest absolute Gasteiger partial charge is 0.367 e. The van der Waals surface area contributed by atoms with Crippen molar-refractivity contribution in [3.63, 3.8) is 0 Å². The highest BCUT2D eigenvalue weighted by atomic mass is 16.5. The van der Waals surface area contributed by atoms with Gasteiger partial charge in [-0.3, -0.25) is 0 Å². The summed E-state index contributed by atoms with van der Waals surface area (Å²) >= 11 is 0. The number of ether oxygens (including phenoxy) is 1. The van der Waals surface area contributed by atoms with Crippen molar-refractivity contribution in [3.05, 3.63) is 11.7 Å². The maximum absolute atomic E-state index is 5.69. The van der Waals surface area contributed by atoms with E-state index in [9.17, 15) is 0 Å². The van der Waals surface area contributed by atoms with Crippen molar-refractivity contribution in [2.24, 2.45) is 0 Å². The molecule has 0 spiro atoms. The third kappa shape index (κ3) is 2.84. The van der Waals surface area contributed by atoms with Crippen LogP contribution in [0, 0.1) is 0 Å². The zero-order chi connectivity index (χ0) is 12.3. The van der Waals surface area contributed by atoms with Crippen molar-refractivity contribution in [2.45, 2.75) is 51.2 Å². The third-order valence-corrected chi connectivity index (χ3v) is 3.44. The molecule has 2 unspecified atom stereocenters. The molecule has 2 rings (SSSR count). The average molecular weight is 239 g/mol.